The van der Waals surface area contributed by atoms with Crippen LogP contribution >= 0.6 is 12.2 Å². The molecule has 96 valence electrons. The van der Waals surface area contributed by atoms with E-state index in [9.17, 15) is 0 Å². The monoisotopic (exact) mass is 260 g/mol. The molecule has 0 amide bonds. The van der Waals surface area contributed by atoms with E-state index < -0.39 is 0 Å². The maximum Gasteiger partial charge on any atom is 0.104 e. The Morgan fingerprint density at radius 2 is 1.94 bits per heavy atom. The standard InChI is InChI=1S/C15H20N2S/c1-10-7-13(5-6-14(10)15(16)18)17-8-11-3-2-4-12(11)9-17/h5-7,11-12H,2-4,8-9H2,1H3,(H2,16,18). The zero-order chi connectivity index (χ0) is 12.7. The lowest BCUT2D eigenvalue weighted by Gasteiger charge is -2.21. The van der Waals surface area contributed by atoms with Gasteiger partial charge >= 0.3 is 0 Å². The van der Waals surface area contributed by atoms with E-state index in [1.165, 1.54) is 43.6 Å². The largest absolute Gasteiger partial charge is 0.389 e. The van der Waals surface area contributed by atoms with E-state index in [-0.39, 0.29) is 0 Å². The Morgan fingerprint density at radius 1 is 1.28 bits per heavy atom. The van der Waals surface area contributed by atoms with Crippen LogP contribution in [0.2, 0.25) is 0 Å². The molecule has 1 aliphatic carbocycles. The van der Waals surface area contributed by atoms with Crippen LogP contribution in [0.3, 0.4) is 0 Å². The van der Waals surface area contributed by atoms with E-state index in [0.717, 1.165) is 17.4 Å². The van der Waals surface area contributed by atoms with E-state index in [1.807, 2.05) is 0 Å². The molecule has 0 bridgehead atoms. The first-order chi connectivity index (χ1) is 8.65. The van der Waals surface area contributed by atoms with Crippen LogP contribution in [-0.2, 0) is 0 Å². The number of nitrogens with zero attached hydrogens (tertiary/aromatic N) is 1. The second kappa shape index (κ2) is 4.54. The molecule has 1 aromatic carbocycles. The molecule has 2 atom stereocenters. The molecule has 2 fully saturated rings. The van der Waals surface area contributed by atoms with Crippen LogP contribution in [0, 0.1) is 18.8 Å². The fraction of sp³-hybridized carbons (Fsp3) is 0.533. The highest BCUT2D eigenvalue weighted by Gasteiger charge is 2.36. The Balaban J connectivity index is 1.81. The van der Waals surface area contributed by atoms with Crippen LogP contribution in [0.4, 0.5) is 5.69 Å². The average molecular weight is 260 g/mol. The minimum Gasteiger partial charge on any atom is -0.389 e. The van der Waals surface area contributed by atoms with Gasteiger partial charge in [0, 0.05) is 24.3 Å². The van der Waals surface area contributed by atoms with Crippen molar-refractivity contribution in [3.63, 3.8) is 0 Å². The predicted molar refractivity (Wildman–Crippen MR) is 80.1 cm³/mol. The minimum absolute atomic E-state index is 0.498. The molecule has 2 aliphatic rings. The third kappa shape index (κ3) is 2.01. The van der Waals surface area contributed by atoms with Crippen LogP contribution in [-0.4, -0.2) is 18.1 Å². The van der Waals surface area contributed by atoms with Gasteiger partial charge in [-0.25, -0.2) is 0 Å². The number of rotatable bonds is 2. The Labute approximate surface area is 114 Å². The van der Waals surface area contributed by atoms with Gasteiger partial charge in [-0.15, -0.1) is 0 Å². The number of aryl methyl sites for hydroxylation is 1. The van der Waals surface area contributed by atoms with Crippen molar-refractivity contribution >= 4 is 22.9 Å². The molecule has 1 aliphatic heterocycles. The van der Waals surface area contributed by atoms with Crippen LogP contribution in [0.25, 0.3) is 0 Å². The first-order valence-electron chi connectivity index (χ1n) is 6.80. The maximum atomic E-state index is 5.71. The smallest absolute Gasteiger partial charge is 0.104 e. The summed E-state index contributed by atoms with van der Waals surface area (Å²) in [7, 11) is 0. The van der Waals surface area contributed by atoms with E-state index in [1.54, 1.807) is 0 Å². The highest BCUT2D eigenvalue weighted by atomic mass is 32.1. The van der Waals surface area contributed by atoms with Gasteiger partial charge in [-0.3, -0.25) is 0 Å². The normalized spacial score (nSPS) is 26.4. The Hall–Kier alpha value is -1.09. The lowest BCUT2D eigenvalue weighted by Crippen LogP contribution is -2.21. The molecule has 2 nitrogen and oxygen atoms in total. The van der Waals surface area contributed by atoms with E-state index >= 15 is 0 Å². The van der Waals surface area contributed by atoms with Crippen molar-refractivity contribution in [3.8, 4) is 0 Å². The molecular formula is C15H20N2S. The molecule has 2 unspecified atom stereocenters. The Bertz CT molecular complexity index is 471. The summed E-state index contributed by atoms with van der Waals surface area (Å²) >= 11 is 5.06. The lowest BCUT2D eigenvalue weighted by atomic mass is 10.0. The third-order valence-electron chi connectivity index (χ3n) is 4.57. The molecule has 3 heteroatoms. The highest BCUT2D eigenvalue weighted by Crippen LogP contribution is 2.39. The molecule has 1 heterocycles. The number of anilines is 1. The molecule has 0 spiro atoms. The molecule has 1 saturated heterocycles. The van der Waals surface area contributed by atoms with Crippen LogP contribution in [0.15, 0.2) is 18.2 Å². The molecule has 3 rings (SSSR count). The van der Waals surface area contributed by atoms with E-state index in [0.29, 0.717) is 4.99 Å². The van der Waals surface area contributed by atoms with Gasteiger partial charge < -0.3 is 10.6 Å². The summed E-state index contributed by atoms with van der Waals surface area (Å²) in [5.74, 6) is 1.86. The van der Waals surface area contributed by atoms with Gasteiger partial charge in [-0.05, 0) is 55.4 Å². The van der Waals surface area contributed by atoms with E-state index in [4.69, 9.17) is 18.0 Å². The van der Waals surface area contributed by atoms with Gasteiger partial charge in [0.25, 0.3) is 0 Å². The minimum atomic E-state index is 0.498. The van der Waals surface area contributed by atoms with Crippen molar-refractivity contribution in [1.82, 2.24) is 0 Å². The highest BCUT2D eigenvalue weighted by molar-refractivity contribution is 7.80. The number of nitrogens with two attached hydrogens (primary N) is 1. The molecule has 18 heavy (non-hydrogen) atoms. The van der Waals surface area contributed by atoms with Crippen molar-refractivity contribution < 1.29 is 0 Å². The lowest BCUT2D eigenvalue weighted by molar-refractivity contribution is 0.494. The number of thiocarbonyl (C=S) groups is 1. The summed E-state index contributed by atoms with van der Waals surface area (Å²) in [6, 6.07) is 6.47. The number of hydrogen-bond donors (Lipinski definition) is 1. The van der Waals surface area contributed by atoms with Crippen LogP contribution < -0.4 is 10.6 Å². The van der Waals surface area contributed by atoms with Gasteiger partial charge in [0.1, 0.15) is 4.99 Å². The second-order valence-corrected chi connectivity index (χ2v) is 6.16. The molecule has 1 saturated carbocycles. The van der Waals surface area contributed by atoms with Gasteiger partial charge in [0.15, 0.2) is 0 Å². The second-order valence-electron chi connectivity index (χ2n) is 5.72. The molecule has 1 aromatic rings. The third-order valence-corrected chi connectivity index (χ3v) is 4.79. The van der Waals surface area contributed by atoms with Crippen LogP contribution in [0.1, 0.15) is 30.4 Å². The fourth-order valence-electron chi connectivity index (χ4n) is 3.57. The predicted octanol–water partition coefficient (Wildman–Crippen LogP) is 2.87. The quantitative estimate of drug-likeness (QED) is 0.829. The zero-order valence-electron chi connectivity index (χ0n) is 10.9. The van der Waals surface area contributed by atoms with Gasteiger partial charge in [0.05, 0.1) is 0 Å². The topological polar surface area (TPSA) is 29.3 Å². The molecular weight excluding hydrogens is 240 g/mol. The SMILES string of the molecule is Cc1cc(N2CC3CCCC3C2)ccc1C(N)=S. The summed E-state index contributed by atoms with van der Waals surface area (Å²) in [5, 5.41) is 0. The van der Waals surface area contributed by atoms with Crippen molar-refractivity contribution in [2.45, 2.75) is 26.2 Å². The maximum absolute atomic E-state index is 5.71. The van der Waals surface area contributed by atoms with Crippen molar-refractivity contribution in [2.24, 2.45) is 17.6 Å². The first-order valence-corrected chi connectivity index (χ1v) is 7.21. The van der Waals surface area contributed by atoms with Gasteiger partial charge in [-0.1, -0.05) is 18.6 Å². The summed E-state index contributed by atoms with van der Waals surface area (Å²) in [6.07, 6.45) is 4.28. The van der Waals surface area contributed by atoms with Crippen LogP contribution in [0.5, 0.6) is 0 Å². The van der Waals surface area contributed by atoms with Crippen molar-refractivity contribution in [1.29, 1.82) is 0 Å². The fourth-order valence-corrected chi connectivity index (χ4v) is 3.80. The molecule has 0 radical (unpaired) electrons. The summed E-state index contributed by atoms with van der Waals surface area (Å²) in [5.41, 5.74) is 9.25. The average Bonchev–Trinajstić information content (AvgIpc) is 2.87. The Morgan fingerprint density at radius 3 is 2.50 bits per heavy atom. The van der Waals surface area contributed by atoms with Crippen molar-refractivity contribution in [2.75, 3.05) is 18.0 Å². The number of benzene rings is 1. The number of hydrogen-bond acceptors (Lipinski definition) is 2. The summed E-state index contributed by atoms with van der Waals surface area (Å²) in [6.45, 7) is 4.56. The number of fused-ring (bicyclic) bond motifs is 1. The zero-order valence-corrected chi connectivity index (χ0v) is 11.7. The Kier molecular flexibility index (Phi) is 3.02. The van der Waals surface area contributed by atoms with E-state index in [2.05, 4.69) is 30.0 Å². The molecule has 0 aromatic heterocycles. The van der Waals surface area contributed by atoms with Crippen molar-refractivity contribution in [3.05, 3.63) is 29.3 Å². The summed E-state index contributed by atoms with van der Waals surface area (Å²) < 4.78 is 0. The first kappa shape index (κ1) is 12.0. The van der Waals surface area contributed by atoms with Gasteiger partial charge in [0.2, 0.25) is 0 Å². The van der Waals surface area contributed by atoms with Gasteiger partial charge in [-0.2, -0.15) is 0 Å². The molecule has 2 N–H and O–H groups in total. The summed E-state index contributed by atoms with van der Waals surface area (Å²) in [4.78, 5) is 3.03.